The van der Waals surface area contributed by atoms with Crippen molar-refractivity contribution in [1.29, 1.82) is 0 Å². The van der Waals surface area contributed by atoms with Gasteiger partial charge in [0.05, 0.1) is 19.8 Å². The quantitative estimate of drug-likeness (QED) is 0.492. The third kappa shape index (κ3) is 6.14. The Morgan fingerprint density at radius 1 is 1.50 bits per heavy atom. The van der Waals surface area contributed by atoms with Gasteiger partial charge in [-0.25, -0.2) is 4.79 Å². The highest BCUT2D eigenvalue weighted by Crippen LogP contribution is 2.16. The number of aliphatic hydroxyl groups is 1. The number of aliphatic hydroxyl groups excluding tert-OH is 1. The molecule has 1 aromatic heterocycles. The first kappa shape index (κ1) is 16.6. The Bertz CT molecular complexity index is 477. The monoisotopic (exact) mass is 300 g/mol. The molecule has 1 amide bonds. The second kappa shape index (κ2) is 7.37. The molecule has 0 fully saturated rings. The lowest BCUT2D eigenvalue weighted by molar-refractivity contribution is 0.0604. The number of carbonyl (C=O) groups is 1. The molecule has 112 valence electrons. The zero-order valence-corrected chi connectivity index (χ0v) is 12.7. The van der Waals surface area contributed by atoms with Crippen molar-refractivity contribution in [3.05, 3.63) is 21.9 Å². The van der Waals surface area contributed by atoms with Gasteiger partial charge in [0.2, 0.25) is 0 Å². The van der Waals surface area contributed by atoms with Crippen molar-refractivity contribution in [1.82, 2.24) is 0 Å². The number of carbonyl (C=O) groups excluding carboxylic acids is 1. The number of amides is 1. The van der Waals surface area contributed by atoms with E-state index in [9.17, 15) is 4.79 Å². The van der Waals surface area contributed by atoms with Crippen molar-refractivity contribution in [2.75, 3.05) is 13.2 Å². The van der Waals surface area contributed by atoms with E-state index in [1.165, 1.54) is 11.3 Å². The Morgan fingerprint density at radius 3 is 2.80 bits per heavy atom. The van der Waals surface area contributed by atoms with Gasteiger partial charge in [-0.15, -0.1) is 11.3 Å². The van der Waals surface area contributed by atoms with E-state index in [1.807, 2.05) is 0 Å². The molecule has 0 bridgehead atoms. The van der Waals surface area contributed by atoms with Crippen LogP contribution in [0.4, 0.5) is 4.79 Å². The maximum atomic E-state index is 11.5. The molecule has 0 aliphatic rings. The third-order valence-electron chi connectivity index (χ3n) is 2.03. The minimum atomic E-state index is -0.709. The molecular formula is C13H20N2O4S. The molecule has 0 aliphatic carbocycles. The fourth-order valence-electron chi connectivity index (χ4n) is 1.28. The zero-order valence-electron chi connectivity index (χ0n) is 11.9. The summed E-state index contributed by atoms with van der Waals surface area (Å²) in [6, 6.07) is 1.80. The van der Waals surface area contributed by atoms with Crippen LogP contribution in [-0.4, -0.2) is 35.9 Å². The van der Waals surface area contributed by atoms with E-state index in [0.29, 0.717) is 12.2 Å². The van der Waals surface area contributed by atoms with Crippen LogP contribution in [0, 0.1) is 0 Å². The first-order valence-electron chi connectivity index (χ1n) is 6.15. The van der Waals surface area contributed by atoms with E-state index in [0.717, 1.165) is 4.88 Å². The van der Waals surface area contributed by atoms with Gasteiger partial charge in [-0.3, -0.25) is 0 Å². The molecule has 0 saturated heterocycles. The van der Waals surface area contributed by atoms with E-state index < -0.39 is 11.7 Å². The molecule has 0 spiro atoms. The van der Waals surface area contributed by atoms with Gasteiger partial charge in [0.25, 0.3) is 0 Å². The van der Waals surface area contributed by atoms with Crippen LogP contribution in [0.25, 0.3) is 0 Å². The van der Waals surface area contributed by atoms with Crippen molar-refractivity contribution in [2.24, 2.45) is 10.7 Å². The summed E-state index contributed by atoms with van der Waals surface area (Å²) >= 11 is 1.45. The standard InChI is InChI=1S/C13H20N2O4S/c1-13(2,3)19-12(17)15-11(14)9-6-10(20-8-9)7-18-5-4-16/h6,8,16H,4-5,7H2,1-3H3,(H2,14,15,17). The number of amidine groups is 1. The van der Waals surface area contributed by atoms with Gasteiger partial charge < -0.3 is 20.3 Å². The van der Waals surface area contributed by atoms with Gasteiger partial charge in [-0.1, -0.05) is 0 Å². The summed E-state index contributed by atoms with van der Waals surface area (Å²) in [7, 11) is 0. The van der Waals surface area contributed by atoms with E-state index in [-0.39, 0.29) is 19.0 Å². The summed E-state index contributed by atoms with van der Waals surface area (Å²) in [5.74, 6) is 0.115. The molecular weight excluding hydrogens is 280 g/mol. The molecule has 0 unspecified atom stereocenters. The van der Waals surface area contributed by atoms with Gasteiger partial charge in [0, 0.05) is 15.8 Å². The summed E-state index contributed by atoms with van der Waals surface area (Å²) in [5, 5.41) is 10.4. The van der Waals surface area contributed by atoms with E-state index in [1.54, 1.807) is 32.2 Å². The largest absolute Gasteiger partial charge is 0.442 e. The van der Waals surface area contributed by atoms with Crippen LogP contribution in [0.3, 0.4) is 0 Å². The van der Waals surface area contributed by atoms with E-state index in [4.69, 9.17) is 20.3 Å². The molecule has 0 atom stereocenters. The summed E-state index contributed by atoms with van der Waals surface area (Å²) in [6.07, 6.45) is -0.709. The first-order valence-corrected chi connectivity index (χ1v) is 7.03. The second-order valence-corrected chi connectivity index (χ2v) is 6.05. The molecule has 1 rings (SSSR count). The maximum absolute atomic E-state index is 11.5. The van der Waals surface area contributed by atoms with Crippen molar-refractivity contribution >= 4 is 23.3 Å². The molecule has 0 saturated carbocycles. The third-order valence-corrected chi connectivity index (χ3v) is 2.94. The van der Waals surface area contributed by atoms with Crippen molar-refractivity contribution in [2.45, 2.75) is 33.0 Å². The number of hydrogen-bond donors (Lipinski definition) is 2. The van der Waals surface area contributed by atoms with Crippen LogP contribution in [0.15, 0.2) is 16.4 Å². The number of thiophene rings is 1. The normalized spacial score (nSPS) is 12.5. The topological polar surface area (TPSA) is 94.1 Å². The molecule has 3 N–H and O–H groups in total. The lowest BCUT2D eigenvalue weighted by Crippen LogP contribution is -2.24. The SMILES string of the molecule is CC(C)(C)OC(=O)N=C(N)c1csc(COCCO)c1. The van der Waals surface area contributed by atoms with Crippen molar-refractivity contribution < 1.29 is 19.4 Å². The van der Waals surface area contributed by atoms with Crippen LogP contribution in [0.1, 0.15) is 31.2 Å². The van der Waals surface area contributed by atoms with Crippen LogP contribution in [0.2, 0.25) is 0 Å². The van der Waals surface area contributed by atoms with Crippen LogP contribution in [0.5, 0.6) is 0 Å². The van der Waals surface area contributed by atoms with Crippen molar-refractivity contribution in [3.63, 3.8) is 0 Å². The summed E-state index contributed by atoms with van der Waals surface area (Å²) in [6.45, 7) is 5.95. The number of aliphatic imine (C=N–C) groups is 1. The maximum Gasteiger partial charge on any atom is 0.436 e. The van der Waals surface area contributed by atoms with Gasteiger partial charge >= 0.3 is 6.09 Å². The Kier molecular flexibility index (Phi) is 6.12. The average Bonchev–Trinajstić information content (AvgIpc) is 2.75. The second-order valence-electron chi connectivity index (χ2n) is 5.06. The Balaban J connectivity index is 2.63. The highest BCUT2D eigenvalue weighted by molar-refractivity contribution is 7.10. The highest BCUT2D eigenvalue weighted by atomic mass is 32.1. The fourth-order valence-corrected chi connectivity index (χ4v) is 2.09. The Labute approximate surface area is 122 Å². The van der Waals surface area contributed by atoms with Crippen LogP contribution < -0.4 is 5.73 Å². The van der Waals surface area contributed by atoms with Gasteiger partial charge in [-0.05, 0) is 26.8 Å². The predicted molar refractivity (Wildman–Crippen MR) is 78.0 cm³/mol. The molecule has 1 heterocycles. The number of nitrogens with two attached hydrogens (primary N) is 1. The fraction of sp³-hybridized carbons (Fsp3) is 0.538. The summed E-state index contributed by atoms with van der Waals surface area (Å²) in [5.41, 5.74) is 5.82. The minimum Gasteiger partial charge on any atom is -0.442 e. The lowest BCUT2D eigenvalue weighted by Gasteiger charge is -2.17. The Morgan fingerprint density at radius 2 is 2.20 bits per heavy atom. The predicted octanol–water partition coefficient (Wildman–Crippen LogP) is 1.90. The number of hydrogen-bond acceptors (Lipinski definition) is 5. The molecule has 0 aromatic carbocycles. The number of rotatable bonds is 5. The number of nitrogens with zero attached hydrogens (tertiary/aromatic N) is 1. The van der Waals surface area contributed by atoms with Crippen molar-refractivity contribution in [3.8, 4) is 0 Å². The molecule has 0 aliphatic heterocycles. The molecule has 7 heteroatoms. The van der Waals surface area contributed by atoms with E-state index in [2.05, 4.69) is 4.99 Å². The summed E-state index contributed by atoms with van der Waals surface area (Å²) < 4.78 is 10.3. The van der Waals surface area contributed by atoms with E-state index >= 15 is 0 Å². The molecule has 6 nitrogen and oxygen atoms in total. The summed E-state index contributed by atoms with van der Waals surface area (Å²) in [4.78, 5) is 16.2. The molecule has 1 aromatic rings. The Hall–Kier alpha value is -1.44. The zero-order chi connectivity index (χ0) is 15.2. The molecule has 20 heavy (non-hydrogen) atoms. The highest BCUT2D eigenvalue weighted by Gasteiger charge is 2.16. The molecule has 0 radical (unpaired) electrons. The van der Waals surface area contributed by atoms with Crippen LogP contribution in [-0.2, 0) is 16.1 Å². The lowest BCUT2D eigenvalue weighted by atomic mass is 10.2. The van der Waals surface area contributed by atoms with Crippen LogP contribution >= 0.6 is 11.3 Å². The first-order chi connectivity index (χ1) is 9.31. The van der Waals surface area contributed by atoms with Gasteiger partial charge in [0.1, 0.15) is 11.4 Å². The minimum absolute atomic E-state index is 0.0134. The van der Waals surface area contributed by atoms with Gasteiger partial charge in [-0.2, -0.15) is 4.99 Å². The number of ether oxygens (including phenoxy) is 2. The van der Waals surface area contributed by atoms with Gasteiger partial charge in [0.15, 0.2) is 0 Å². The average molecular weight is 300 g/mol. The smallest absolute Gasteiger partial charge is 0.436 e.